The van der Waals surface area contributed by atoms with Gasteiger partial charge in [0.05, 0.1) is 7.11 Å². The van der Waals surface area contributed by atoms with Crippen molar-refractivity contribution in [3.05, 3.63) is 77.9 Å². The van der Waals surface area contributed by atoms with E-state index in [2.05, 4.69) is 12.1 Å². The van der Waals surface area contributed by atoms with E-state index < -0.39 is 6.10 Å². The second-order valence-electron chi connectivity index (χ2n) is 4.74. The minimum atomic E-state index is -0.632. The third kappa shape index (κ3) is 2.26. The quantitative estimate of drug-likeness (QED) is 0.776. The fraction of sp³-hybridized carbons (Fsp3) is 0.111. The number of benzene rings is 3. The van der Waals surface area contributed by atoms with Crippen LogP contribution < -0.4 is 4.74 Å². The zero-order chi connectivity index (χ0) is 13.9. The molecule has 100 valence electrons. The molecule has 0 aromatic heterocycles. The summed E-state index contributed by atoms with van der Waals surface area (Å²) in [6.45, 7) is 0. The van der Waals surface area contributed by atoms with E-state index in [1.165, 1.54) is 0 Å². The highest BCUT2D eigenvalue weighted by Gasteiger charge is 2.13. The van der Waals surface area contributed by atoms with E-state index >= 15 is 0 Å². The van der Waals surface area contributed by atoms with Crippen LogP contribution in [0, 0.1) is 0 Å². The van der Waals surface area contributed by atoms with Crippen LogP contribution in [0.1, 0.15) is 17.2 Å². The first-order chi connectivity index (χ1) is 9.79. The first-order valence-electron chi connectivity index (χ1n) is 6.59. The lowest BCUT2D eigenvalue weighted by Crippen LogP contribution is -2.00. The molecule has 0 radical (unpaired) electrons. The predicted octanol–water partition coefficient (Wildman–Crippen LogP) is 3.93. The van der Waals surface area contributed by atoms with Crippen LogP contribution >= 0.6 is 0 Å². The molecule has 0 unspecified atom stereocenters. The van der Waals surface area contributed by atoms with Crippen LogP contribution in [0.4, 0.5) is 0 Å². The average molecular weight is 264 g/mol. The number of hydrogen-bond donors (Lipinski definition) is 1. The third-order valence-corrected chi connectivity index (χ3v) is 3.55. The van der Waals surface area contributed by atoms with Crippen molar-refractivity contribution in [3.8, 4) is 5.75 Å². The molecule has 0 amide bonds. The summed E-state index contributed by atoms with van der Waals surface area (Å²) in [4.78, 5) is 0. The van der Waals surface area contributed by atoms with Gasteiger partial charge in [-0.1, -0.05) is 54.6 Å². The van der Waals surface area contributed by atoms with Crippen LogP contribution in [0.3, 0.4) is 0 Å². The Labute approximate surface area is 118 Å². The topological polar surface area (TPSA) is 29.5 Å². The number of aliphatic hydroxyl groups excluding tert-OH is 1. The molecule has 0 saturated heterocycles. The first kappa shape index (κ1) is 12.7. The van der Waals surface area contributed by atoms with Gasteiger partial charge in [0, 0.05) is 0 Å². The van der Waals surface area contributed by atoms with Crippen molar-refractivity contribution in [2.24, 2.45) is 0 Å². The van der Waals surface area contributed by atoms with Crippen LogP contribution in [0.25, 0.3) is 10.8 Å². The number of ether oxygens (including phenoxy) is 1. The number of hydrogen-bond acceptors (Lipinski definition) is 2. The second-order valence-corrected chi connectivity index (χ2v) is 4.74. The third-order valence-electron chi connectivity index (χ3n) is 3.55. The molecule has 1 N–H and O–H groups in total. The SMILES string of the molecule is COc1ccc([C@@H](O)c2cccc3ccccc23)cc1. The van der Waals surface area contributed by atoms with Gasteiger partial charge in [0.2, 0.25) is 0 Å². The molecule has 0 aliphatic carbocycles. The fourth-order valence-corrected chi connectivity index (χ4v) is 2.45. The maximum atomic E-state index is 10.6. The molecule has 20 heavy (non-hydrogen) atoms. The average Bonchev–Trinajstić information content (AvgIpc) is 2.54. The van der Waals surface area contributed by atoms with Gasteiger partial charge in [0.15, 0.2) is 0 Å². The summed E-state index contributed by atoms with van der Waals surface area (Å²) in [5, 5.41) is 12.8. The Kier molecular flexibility index (Phi) is 3.40. The normalized spacial score (nSPS) is 12.3. The van der Waals surface area contributed by atoms with Gasteiger partial charge in [-0.2, -0.15) is 0 Å². The van der Waals surface area contributed by atoms with Gasteiger partial charge in [0.1, 0.15) is 11.9 Å². The molecule has 3 rings (SSSR count). The fourth-order valence-electron chi connectivity index (χ4n) is 2.45. The minimum absolute atomic E-state index is 0.632. The zero-order valence-electron chi connectivity index (χ0n) is 11.3. The highest BCUT2D eigenvalue weighted by Crippen LogP contribution is 2.29. The van der Waals surface area contributed by atoms with Gasteiger partial charge in [-0.15, -0.1) is 0 Å². The van der Waals surface area contributed by atoms with Crippen LogP contribution in [-0.4, -0.2) is 12.2 Å². The summed E-state index contributed by atoms with van der Waals surface area (Å²) in [6.07, 6.45) is -0.632. The molecule has 0 fully saturated rings. The molecule has 0 bridgehead atoms. The van der Waals surface area contributed by atoms with E-state index in [9.17, 15) is 5.11 Å². The lowest BCUT2D eigenvalue weighted by atomic mass is 9.96. The van der Waals surface area contributed by atoms with Gasteiger partial charge >= 0.3 is 0 Å². The lowest BCUT2D eigenvalue weighted by molar-refractivity contribution is 0.222. The van der Waals surface area contributed by atoms with Gasteiger partial charge in [-0.3, -0.25) is 0 Å². The van der Waals surface area contributed by atoms with Crippen LogP contribution in [0.15, 0.2) is 66.7 Å². The van der Waals surface area contributed by atoms with E-state index in [1.807, 2.05) is 54.6 Å². The number of fused-ring (bicyclic) bond motifs is 1. The summed E-state index contributed by atoms with van der Waals surface area (Å²) in [6, 6.07) is 21.6. The Morgan fingerprint density at radius 3 is 2.30 bits per heavy atom. The summed E-state index contributed by atoms with van der Waals surface area (Å²) in [7, 11) is 1.64. The summed E-state index contributed by atoms with van der Waals surface area (Å²) in [5.41, 5.74) is 1.79. The van der Waals surface area contributed by atoms with Crippen molar-refractivity contribution in [2.45, 2.75) is 6.10 Å². The molecule has 3 aromatic rings. The van der Waals surface area contributed by atoms with Gasteiger partial charge in [-0.05, 0) is 34.0 Å². The molecule has 0 aliphatic heterocycles. The monoisotopic (exact) mass is 264 g/mol. The van der Waals surface area contributed by atoms with Crippen molar-refractivity contribution in [3.63, 3.8) is 0 Å². The van der Waals surface area contributed by atoms with Crippen LogP contribution in [0.5, 0.6) is 5.75 Å². The molecule has 2 heteroatoms. The number of aliphatic hydroxyl groups is 1. The summed E-state index contributed by atoms with van der Waals surface area (Å²) >= 11 is 0. The zero-order valence-corrected chi connectivity index (χ0v) is 11.3. The van der Waals surface area contributed by atoms with Crippen molar-refractivity contribution >= 4 is 10.8 Å². The molecule has 3 aromatic carbocycles. The summed E-state index contributed by atoms with van der Waals surface area (Å²) < 4.78 is 5.14. The van der Waals surface area contributed by atoms with Crippen molar-refractivity contribution in [1.82, 2.24) is 0 Å². The van der Waals surface area contributed by atoms with Gasteiger partial charge in [-0.25, -0.2) is 0 Å². The molecule has 1 atom stereocenters. The van der Waals surface area contributed by atoms with Crippen LogP contribution in [0.2, 0.25) is 0 Å². The molecule has 0 aliphatic rings. The standard InChI is InChI=1S/C18H16O2/c1-20-15-11-9-14(10-12-15)18(19)17-8-4-6-13-5-2-3-7-16(13)17/h2-12,18-19H,1H3/t18-/m1/s1. The van der Waals surface area contributed by atoms with E-state index in [-0.39, 0.29) is 0 Å². The first-order valence-corrected chi connectivity index (χ1v) is 6.59. The number of rotatable bonds is 3. The van der Waals surface area contributed by atoms with E-state index in [1.54, 1.807) is 7.11 Å². The van der Waals surface area contributed by atoms with E-state index in [0.717, 1.165) is 27.6 Å². The highest BCUT2D eigenvalue weighted by molar-refractivity contribution is 5.86. The van der Waals surface area contributed by atoms with E-state index in [0.29, 0.717) is 0 Å². The number of methoxy groups -OCH3 is 1. The Bertz CT molecular complexity index is 712. The summed E-state index contributed by atoms with van der Waals surface area (Å²) in [5.74, 6) is 0.791. The van der Waals surface area contributed by atoms with E-state index in [4.69, 9.17) is 4.74 Å². The minimum Gasteiger partial charge on any atom is -0.497 e. The Balaban J connectivity index is 2.05. The Morgan fingerprint density at radius 1 is 0.850 bits per heavy atom. The molecule has 0 spiro atoms. The Morgan fingerprint density at radius 2 is 1.55 bits per heavy atom. The van der Waals surface area contributed by atoms with Crippen molar-refractivity contribution < 1.29 is 9.84 Å². The molecular formula is C18H16O2. The van der Waals surface area contributed by atoms with Crippen molar-refractivity contribution in [1.29, 1.82) is 0 Å². The van der Waals surface area contributed by atoms with Crippen LogP contribution in [-0.2, 0) is 0 Å². The van der Waals surface area contributed by atoms with Gasteiger partial charge < -0.3 is 9.84 Å². The maximum Gasteiger partial charge on any atom is 0.118 e. The Hall–Kier alpha value is -2.32. The smallest absolute Gasteiger partial charge is 0.118 e. The largest absolute Gasteiger partial charge is 0.497 e. The molecular weight excluding hydrogens is 248 g/mol. The molecule has 2 nitrogen and oxygen atoms in total. The molecule has 0 heterocycles. The predicted molar refractivity (Wildman–Crippen MR) is 81.0 cm³/mol. The van der Waals surface area contributed by atoms with Crippen molar-refractivity contribution in [2.75, 3.05) is 7.11 Å². The molecule has 0 saturated carbocycles. The highest BCUT2D eigenvalue weighted by atomic mass is 16.5. The lowest BCUT2D eigenvalue weighted by Gasteiger charge is -2.14. The van der Waals surface area contributed by atoms with Gasteiger partial charge in [0.25, 0.3) is 0 Å². The second kappa shape index (κ2) is 5.35. The maximum absolute atomic E-state index is 10.6.